The number of nitrogens with one attached hydrogen (secondary N) is 1. The minimum atomic E-state index is -1.31. The van der Waals surface area contributed by atoms with Crippen LogP contribution in [0.1, 0.15) is 32.5 Å². The lowest BCUT2D eigenvalue weighted by Gasteiger charge is -2.15. The number of hydrogen-bond acceptors (Lipinski definition) is 4. The number of rotatable bonds is 5. The molecule has 0 radical (unpaired) electrons. The van der Waals surface area contributed by atoms with Gasteiger partial charge in [-0.2, -0.15) is 0 Å². The molecule has 1 aromatic heterocycles. The Morgan fingerprint density at radius 2 is 1.68 bits per heavy atom. The molecule has 1 unspecified atom stereocenters. The topological polar surface area (TPSA) is 117 Å². The van der Waals surface area contributed by atoms with Gasteiger partial charge in [0.15, 0.2) is 6.04 Å². The Hall–Kier alpha value is -3.22. The molecule has 0 saturated heterocycles. The molecule has 1 atom stereocenters. The highest BCUT2D eigenvalue weighted by Gasteiger charge is 2.25. The summed E-state index contributed by atoms with van der Waals surface area (Å²) in [5.41, 5.74) is -0.259. The van der Waals surface area contributed by atoms with Crippen molar-refractivity contribution in [2.45, 2.75) is 6.04 Å². The quantitative estimate of drug-likeness (QED) is 0.767. The van der Waals surface area contributed by atoms with Gasteiger partial charge in [0.25, 0.3) is 5.91 Å². The molecule has 2 rings (SSSR count). The predicted molar refractivity (Wildman–Crippen MR) is 75.5 cm³/mol. The molecule has 22 heavy (non-hydrogen) atoms. The molecule has 2 aromatic rings. The lowest BCUT2D eigenvalue weighted by molar-refractivity contribution is -0.139. The third kappa shape index (κ3) is 3.26. The van der Waals surface area contributed by atoms with E-state index in [4.69, 9.17) is 5.11 Å². The van der Waals surface area contributed by atoms with Gasteiger partial charge in [-0.25, -0.2) is 9.59 Å². The van der Waals surface area contributed by atoms with Crippen molar-refractivity contribution in [2.75, 3.05) is 0 Å². The van der Waals surface area contributed by atoms with E-state index in [1.807, 2.05) is 0 Å². The van der Waals surface area contributed by atoms with E-state index in [1.54, 1.807) is 30.3 Å². The van der Waals surface area contributed by atoms with Crippen LogP contribution in [0.15, 0.2) is 48.7 Å². The number of benzene rings is 1. The Balaban J connectivity index is 2.30. The van der Waals surface area contributed by atoms with E-state index in [0.717, 1.165) is 0 Å². The highest BCUT2D eigenvalue weighted by molar-refractivity contribution is 6.04. The Labute approximate surface area is 125 Å². The Morgan fingerprint density at radius 3 is 2.27 bits per heavy atom. The number of carboxylic acids is 2. The molecule has 7 heteroatoms. The number of aliphatic carboxylic acids is 1. The van der Waals surface area contributed by atoms with Crippen molar-refractivity contribution in [3.63, 3.8) is 0 Å². The summed E-state index contributed by atoms with van der Waals surface area (Å²) in [4.78, 5) is 38.3. The van der Waals surface area contributed by atoms with E-state index in [9.17, 15) is 19.5 Å². The summed E-state index contributed by atoms with van der Waals surface area (Å²) < 4.78 is 0. The van der Waals surface area contributed by atoms with Crippen LogP contribution in [0, 0.1) is 0 Å². The second-order valence-electron chi connectivity index (χ2n) is 4.36. The first-order valence-corrected chi connectivity index (χ1v) is 6.27. The van der Waals surface area contributed by atoms with Crippen LogP contribution in [-0.4, -0.2) is 33.0 Å². The zero-order chi connectivity index (χ0) is 16.1. The van der Waals surface area contributed by atoms with Crippen LogP contribution >= 0.6 is 0 Å². The first-order chi connectivity index (χ1) is 10.5. The normalized spacial score (nSPS) is 11.5. The Bertz CT molecular complexity index is 715. The van der Waals surface area contributed by atoms with Gasteiger partial charge in [-0.1, -0.05) is 30.3 Å². The molecule has 1 amide bonds. The van der Waals surface area contributed by atoms with Gasteiger partial charge in [0.05, 0.1) is 5.56 Å². The number of carbonyl (C=O) groups excluding carboxylic acids is 1. The Morgan fingerprint density at radius 1 is 1.00 bits per heavy atom. The average molecular weight is 300 g/mol. The van der Waals surface area contributed by atoms with Gasteiger partial charge in [0.1, 0.15) is 5.69 Å². The number of aromatic carboxylic acids is 1. The predicted octanol–water partition coefficient (Wildman–Crippen LogP) is 1.34. The molecule has 112 valence electrons. The maximum atomic E-state index is 12.2. The van der Waals surface area contributed by atoms with Crippen molar-refractivity contribution in [1.29, 1.82) is 0 Å². The summed E-state index contributed by atoms with van der Waals surface area (Å²) in [7, 11) is 0. The fourth-order valence-corrected chi connectivity index (χ4v) is 1.89. The zero-order valence-electron chi connectivity index (χ0n) is 11.3. The van der Waals surface area contributed by atoms with Gasteiger partial charge in [0, 0.05) is 6.20 Å². The van der Waals surface area contributed by atoms with Crippen LogP contribution in [-0.2, 0) is 4.79 Å². The van der Waals surface area contributed by atoms with Crippen molar-refractivity contribution in [3.8, 4) is 0 Å². The molecule has 0 saturated carbocycles. The molecule has 0 aliphatic heterocycles. The van der Waals surface area contributed by atoms with Crippen molar-refractivity contribution in [1.82, 2.24) is 10.3 Å². The first kappa shape index (κ1) is 15.2. The third-order valence-electron chi connectivity index (χ3n) is 2.91. The largest absolute Gasteiger partial charge is 0.479 e. The van der Waals surface area contributed by atoms with Crippen molar-refractivity contribution in [3.05, 3.63) is 65.5 Å². The van der Waals surface area contributed by atoms with Gasteiger partial charge >= 0.3 is 11.9 Å². The molecule has 0 fully saturated rings. The summed E-state index contributed by atoms with van der Waals surface area (Å²) in [6.45, 7) is 0. The monoisotopic (exact) mass is 300 g/mol. The van der Waals surface area contributed by atoms with E-state index >= 15 is 0 Å². The highest BCUT2D eigenvalue weighted by atomic mass is 16.4. The minimum Gasteiger partial charge on any atom is -0.479 e. The summed E-state index contributed by atoms with van der Waals surface area (Å²) in [5.74, 6) is -3.44. The molecule has 1 heterocycles. The van der Waals surface area contributed by atoms with Crippen molar-refractivity contribution >= 4 is 17.8 Å². The highest BCUT2D eigenvalue weighted by Crippen LogP contribution is 2.14. The molecule has 1 aromatic carbocycles. The SMILES string of the molecule is O=C(O)c1cccnc1C(=O)NC(C(=O)O)c1ccccc1. The molecule has 0 bridgehead atoms. The van der Waals surface area contributed by atoms with E-state index in [2.05, 4.69) is 10.3 Å². The zero-order valence-corrected chi connectivity index (χ0v) is 11.3. The van der Waals surface area contributed by atoms with Crippen LogP contribution in [0.25, 0.3) is 0 Å². The first-order valence-electron chi connectivity index (χ1n) is 6.27. The average Bonchev–Trinajstić information content (AvgIpc) is 2.52. The Kier molecular flexibility index (Phi) is 4.47. The summed E-state index contributed by atoms with van der Waals surface area (Å²) in [5, 5.41) is 20.6. The van der Waals surface area contributed by atoms with Gasteiger partial charge in [0.2, 0.25) is 0 Å². The molecule has 7 nitrogen and oxygen atoms in total. The fourth-order valence-electron chi connectivity index (χ4n) is 1.89. The lowest BCUT2D eigenvalue weighted by atomic mass is 10.1. The van der Waals surface area contributed by atoms with Gasteiger partial charge in [-0.05, 0) is 17.7 Å². The van der Waals surface area contributed by atoms with E-state index in [1.165, 1.54) is 18.3 Å². The molecule has 0 aliphatic rings. The number of pyridine rings is 1. The van der Waals surface area contributed by atoms with Gasteiger partial charge in [-0.3, -0.25) is 9.78 Å². The number of carbonyl (C=O) groups is 3. The molecular formula is C15H12N2O5. The van der Waals surface area contributed by atoms with E-state index in [0.29, 0.717) is 5.56 Å². The smallest absolute Gasteiger partial charge is 0.338 e. The van der Waals surface area contributed by atoms with Gasteiger partial charge < -0.3 is 15.5 Å². The lowest BCUT2D eigenvalue weighted by Crippen LogP contribution is -2.35. The third-order valence-corrected chi connectivity index (χ3v) is 2.91. The van der Waals surface area contributed by atoms with Crippen LogP contribution in [0.3, 0.4) is 0 Å². The fraction of sp³-hybridized carbons (Fsp3) is 0.0667. The minimum absolute atomic E-state index is 0.294. The molecule has 3 N–H and O–H groups in total. The van der Waals surface area contributed by atoms with Crippen molar-refractivity contribution < 1.29 is 24.6 Å². The maximum absolute atomic E-state index is 12.2. The van der Waals surface area contributed by atoms with Gasteiger partial charge in [-0.15, -0.1) is 0 Å². The second-order valence-corrected chi connectivity index (χ2v) is 4.36. The van der Waals surface area contributed by atoms with Crippen LogP contribution in [0.5, 0.6) is 0 Å². The number of aromatic nitrogens is 1. The second kappa shape index (κ2) is 6.49. The van der Waals surface area contributed by atoms with Crippen LogP contribution < -0.4 is 5.32 Å². The summed E-state index contributed by atoms with van der Waals surface area (Å²) in [6, 6.07) is 9.41. The van der Waals surface area contributed by atoms with E-state index < -0.39 is 23.9 Å². The molecular weight excluding hydrogens is 288 g/mol. The van der Waals surface area contributed by atoms with E-state index in [-0.39, 0.29) is 11.3 Å². The molecule has 0 aliphatic carbocycles. The van der Waals surface area contributed by atoms with Crippen molar-refractivity contribution in [2.24, 2.45) is 0 Å². The number of nitrogens with zero attached hydrogens (tertiary/aromatic N) is 1. The maximum Gasteiger partial charge on any atom is 0.338 e. The summed E-state index contributed by atoms with van der Waals surface area (Å²) in [6.07, 6.45) is 1.26. The number of hydrogen-bond donors (Lipinski definition) is 3. The standard InChI is InChI=1S/C15H12N2O5/c18-13(12-10(14(19)20)7-4-8-16-12)17-11(15(21)22)9-5-2-1-3-6-9/h1-8,11H,(H,17,18)(H,19,20)(H,21,22). The van der Waals surface area contributed by atoms with Crippen LogP contribution in [0.2, 0.25) is 0 Å². The number of amides is 1. The van der Waals surface area contributed by atoms with Crippen LogP contribution in [0.4, 0.5) is 0 Å². The molecule has 0 spiro atoms. The summed E-state index contributed by atoms with van der Waals surface area (Å²) >= 11 is 0. The number of carboxylic acid groups (broad SMARTS) is 2.